The number of ketones is 3. The zero-order valence-electron chi connectivity index (χ0n) is 10.6. The van der Waals surface area contributed by atoms with Crippen LogP contribution in [0.2, 0.25) is 0 Å². The van der Waals surface area contributed by atoms with Gasteiger partial charge in [-0.2, -0.15) is 0 Å². The first-order valence-electron chi connectivity index (χ1n) is 5.71. The van der Waals surface area contributed by atoms with Crippen LogP contribution in [0.3, 0.4) is 0 Å². The summed E-state index contributed by atoms with van der Waals surface area (Å²) in [6.45, 7) is 1.48. The van der Waals surface area contributed by atoms with Crippen LogP contribution >= 0.6 is 0 Å². The summed E-state index contributed by atoms with van der Waals surface area (Å²) in [5.74, 6) is -0.691. The van der Waals surface area contributed by atoms with E-state index in [2.05, 4.69) is 0 Å². The number of ether oxygens (including phenoxy) is 1. The second kappa shape index (κ2) is 5.02. The summed E-state index contributed by atoms with van der Waals surface area (Å²) in [6.07, 6.45) is 2.31. The molecule has 0 unspecified atom stereocenters. The number of rotatable bonds is 3. The van der Waals surface area contributed by atoms with Crippen molar-refractivity contribution in [3.8, 4) is 5.75 Å². The van der Waals surface area contributed by atoms with E-state index in [0.29, 0.717) is 11.3 Å². The number of allylic oxidation sites excluding steroid dienone is 4. The summed E-state index contributed by atoms with van der Waals surface area (Å²) < 4.78 is 5.03. The van der Waals surface area contributed by atoms with Crippen LogP contribution < -0.4 is 4.74 Å². The van der Waals surface area contributed by atoms with Crippen LogP contribution in [-0.2, 0) is 9.59 Å². The highest BCUT2D eigenvalue weighted by atomic mass is 16.5. The Balaban J connectivity index is 2.46. The van der Waals surface area contributed by atoms with Crippen molar-refractivity contribution in [1.82, 2.24) is 0 Å². The van der Waals surface area contributed by atoms with Crippen LogP contribution in [0.25, 0.3) is 0 Å². The van der Waals surface area contributed by atoms with Gasteiger partial charge in [-0.1, -0.05) is 12.1 Å². The number of methoxy groups -OCH3 is 1. The van der Waals surface area contributed by atoms with E-state index in [0.717, 1.165) is 6.08 Å². The van der Waals surface area contributed by atoms with Crippen molar-refractivity contribution >= 4 is 17.3 Å². The van der Waals surface area contributed by atoms with Crippen molar-refractivity contribution in [1.29, 1.82) is 0 Å². The van der Waals surface area contributed by atoms with Gasteiger partial charge >= 0.3 is 0 Å². The molecule has 0 saturated heterocycles. The van der Waals surface area contributed by atoms with E-state index in [4.69, 9.17) is 4.74 Å². The lowest BCUT2D eigenvalue weighted by Crippen LogP contribution is -2.20. The van der Waals surface area contributed by atoms with Crippen molar-refractivity contribution in [2.45, 2.75) is 6.92 Å². The summed E-state index contributed by atoms with van der Waals surface area (Å²) >= 11 is 0. The molecule has 19 heavy (non-hydrogen) atoms. The number of benzene rings is 1. The van der Waals surface area contributed by atoms with Crippen molar-refractivity contribution in [3.05, 3.63) is 53.1 Å². The SMILES string of the molecule is COc1cccc(C(=O)C2=C(C)C(=O)C=CC2=O)c1. The fraction of sp³-hybridized carbons (Fsp3) is 0.133. The molecule has 2 rings (SSSR count). The van der Waals surface area contributed by atoms with Crippen molar-refractivity contribution in [2.75, 3.05) is 7.11 Å². The van der Waals surface area contributed by atoms with Gasteiger partial charge in [0.1, 0.15) is 5.75 Å². The molecule has 0 amide bonds. The second-order valence-corrected chi connectivity index (χ2v) is 4.12. The highest BCUT2D eigenvalue weighted by molar-refractivity contribution is 6.35. The molecule has 0 radical (unpaired) electrons. The number of carbonyl (C=O) groups excluding carboxylic acids is 3. The molecular formula is C15H12O4. The molecule has 1 aliphatic rings. The predicted molar refractivity (Wildman–Crippen MR) is 69.2 cm³/mol. The van der Waals surface area contributed by atoms with E-state index < -0.39 is 11.6 Å². The summed E-state index contributed by atoms with van der Waals surface area (Å²) in [6, 6.07) is 6.48. The quantitative estimate of drug-likeness (QED) is 0.471. The van der Waals surface area contributed by atoms with Crippen LogP contribution in [-0.4, -0.2) is 24.5 Å². The van der Waals surface area contributed by atoms with Crippen molar-refractivity contribution in [2.24, 2.45) is 0 Å². The van der Waals surface area contributed by atoms with Gasteiger partial charge in [-0.3, -0.25) is 14.4 Å². The molecule has 0 saturated carbocycles. The lowest BCUT2D eigenvalue weighted by Gasteiger charge is -2.11. The summed E-state index contributed by atoms with van der Waals surface area (Å²) in [5.41, 5.74) is 0.436. The fourth-order valence-electron chi connectivity index (χ4n) is 1.86. The predicted octanol–water partition coefficient (Wildman–Crippen LogP) is 1.90. The first kappa shape index (κ1) is 13.0. The third-order valence-electron chi connectivity index (χ3n) is 2.94. The van der Waals surface area contributed by atoms with E-state index in [-0.39, 0.29) is 16.9 Å². The lowest BCUT2D eigenvalue weighted by molar-refractivity contribution is -0.115. The van der Waals surface area contributed by atoms with Gasteiger partial charge in [0.25, 0.3) is 0 Å². The number of hydrogen-bond donors (Lipinski definition) is 0. The second-order valence-electron chi connectivity index (χ2n) is 4.12. The van der Waals surface area contributed by atoms with Gasteiger partial charge in [0.05, 0.1) is 12.7 Å². The van der Waals surface area contributed by atoms with Gasteiger partial charge in [-0.25, -0.2) is 0 Å². The van der Waals surface area contributed by atoms with Gasteiger partial charge in [-0.15, -0.1) is 0 Å². The third-order valence-corrected chi connectivity index (χ3v) is 2.94. The molecule has 4 heteroatoms. The molecule has 1 aliphatic carbocycles. The fourth-order valence-corrected chi connectivity index (χ4v) is 1.86. The Kier molecular flexibility index (Phi) is 3.42. The van der Waals surface area contributed by atoms with E-state index in [9.17, 15) is 14.4 Å². The van der Waals surface area contributed by atoms with Crippen LogP contribution in [0.5, 0.6) is 5.75 Å². The van der Waals surface area contributed by atoms with Crippen LogP contribution in [0, 0.1) is 0 Å². The largest absolute Gasteiger partial charge is 0.497 e. The smallest absolute Gasteiger partial charge is 0.197 e. The van der Waals surface area contributed by atoms with Gasteiger partial charge in [0.2, 0.25) is 0 Å². The summed E-state index contributed by atoms with van der Waals surface area (Å²) in [4.78, 5) is 35.6. The zero-order valence-corrected chi connectivity index (χ0v) is 10.6. The monoisotopic (exact) mass is 256 g/mol. The molecule has 1 aromatic carbocycles. The molecule has 0 fully saturated rings. The Bertz CT molecular complexity index is 635. The molecule has 0 aliphatic heterocycles. The first-order valence-corrected chi connectivity index (χ1v) is 5.71. The molecule has 96 valence electrons. The first-order chi connectivity index (χ1) is 9.04. The molecular weight excluding hydrogens is 244 g/mol. The van der Waals surface area contributed by atoms with Gasteiger partial charge in [0, 0.05) is 11.1 Å². The molecule has 0 spiro atoms. The lowest BCUT2D eigenvalue weighted by atomic mass is 9.90. The normalized spacial score (nSPS) is 14.8. The molecule has 4 nitrogen and oxygen atoms in total. The van der Waals surface area contributed by atoms with E-state index >= 15 is 0 Å². The molecule has 0 atom stereocenters. The average molecular weight is 256 g/mol. The summed E-state index contributed by atoms with van der Waals surface area (Å²) in [5, 5.41) is 0. The standard InChI is InChI=1S/C15H12O4/c1-9-12(16)6-7-13(17)14(9)15(18)10-4-3-5-11(8-10)19-2/h3-8H,1-2H3. The molecule has 1 aromatic rings. The van der Waals surface area contributed by atoms with E-state index in [1.165, 1.54) is 20.1 Å². The van der Waals surface area contributed by atoms with Crippen LogP contribution in [0.15, 0.2) is 47.6 Å². The topological polar surface area (TPSA) is 60.4 Å². The number of Topliss-reactive ketones (excluding diaryl/α,β-unsaturated/α-hetero) is 1. The van der Waals surface area contributed by atoms with E-state index in [1.807, 2.05) is 0 Å². The number of hydrogen-bond acceptors (Lipinski definition) is 4. The van der Waals surface area contributed by atoms with Crippen LogP contribution in [0.1, 0.15) is 17.3 Å². The van der Waals surface area contributed by atoms with Crippen LogP contribution in [0.4, 0.5) is 0 Å². The molecule has 0 heterocycles. The molecule has 0 aromatic heterocycles. The third kappa shape index (κ3) is 2.38. The Morgan fingerprint density at radius 2 is 1.79 bits per heavy atom. The highest BCUT2D eigenvalue weighted by Crippen LogP contribution is 2.21. The Hall–Kier alpha value is -2.49. The highest BCUT2D eigenvalue weighted by Gasteiger charge is 2.26. The maximum atomic E-state index is 12.3. The van der Waals surface area contributed by atoms with Gasteiger partial charge < -0.3 is 4.74 Å². The number of carbonyl (C=O) groups is 3. The minimum atomic E-state index is -0.459. The van der Waals surface area contributed by atoms with Gasteiger partial charge in [0.15, 0.2) is 17.3 Å². The molecule has 0 N–H and O–H groups in total. The molecule has 0 bridgehead atoms. The maximum Gasteiger partial charge on any atom is 0.197 e. The maximum absolute atomic E-state index is 12.3. The zero-order chi connectivity index (χ0) is 14.0. The van der Waals surface area contributed by atoms with Gasteiger partial charge in [-0.05, 0) is 31.2 Å². The average Bonchev–Trinajstić information content (AvgIpc) is 2.43. The van der Waals surface area contributed by atoms with Crippen molar-refractivity contribution < 1.29 is 19.1 Å². The van der Waals surface area contributed by atoms with Crippen molar-refractivity contribution in [3.63, 3.8) is 0 Å². The minimum Gasteiger partial charge on any atom is -0.497 e. The Labute approximate surface area is 110 Å². The van der Waals surface area contributed by atoms with E-state index in [1.54, 1.807) is 24.3 Å². The Morgan fingerprint density at radius 1 is 1.11 bits per heavy atom. The Morgan fingerprint density at radius 3 is 2.47 bits per heavy atom. The summed E-state index contributed by atoms with van der Waals surface area (Å²) in [7, 11) is 1.49. The minimum absolute atomic E-state index is 0.0687.